The van der Waals surface area contributed by atoms with Gasteiger partial charge in [-0.15, -0.1) is 0 Å². The second-order valence-electron chi connectivity index (χ2n) is 4.54. The van der Waals surface area contributed by atoms with Crippen molar-refractivity contribution in [1.29, 1.82) is 0 Å². The molecule has 0 fully saturated rings. The number of nitrogens with one attached hydrogen (secondary N) is 1. The van der Waals surface area contributed by atoms with E-state index in [1.807, 2.05) is 24.3 Å². The van der Waals surface area contributed by atoms with Gasteiger partial charge in [-0.2, -0.15) is 0 Å². The van der Waals surface area contributed by atoms with E-state index in [0.29, 0.717) is 11.6 Å². The number of para-hydroxylation sites is 1. The van der Waals surface area contributed by atoms with Crippen LogP contribution in [0.15, 0.2) is 42.7 Å². The van der Waals surface area contributed by atoms with Crippen LogP contribution in [0.1, 0.15) is 24.5 Å². The first kappa shape index (κ1) is 14.8. The van der Waals surface area contributed by atoms with Crippen molar-refractivity contribution < 1.29 is 4.74 Å². The van der Waals surface area contributed by atoms with Gasteiger partial charge in [0.15, 0.2) is 0 Å². The van der Waals surface area contributed by atoms with Crippen molar-refractivity contribution >= 4 is 11.6 Å². The monoisotopic (exact) mass is 290 g/mol. The highest BCUT2D eigenvalue weighted by Crippen LogP contribution is 2.21. The fraction of sp³-hybridized carbons (Fsp3) is 0.312. The molecule has 4 heteroatoms. The normalized spacial score (nSPS) is 10.5. The van der Waals surface area contributed by atoms with Crippen molar-refractivity contribution in [1.82, 2.24) is 10.3 Å². The van der Waals surface area contributed by atoms with E-state index in [0.717, 1.165) is 36.4 Å². The Morgan fingerprint density at radius 3 is 2.85 bits per heavy atom. The minimum Gasteiger partial charge on any atom is -0.489 e. The van der Waals surface area contributed by atoms with Crippen molar-refractivity contribution in [3.8, 4) is 5.75 Å². The van der Waals surface area contributed by atoms with E-state index in [1.165, 1.54) is 0 Å². The minimum absolute atomic E-state index is 0.451. The largest absolute Gasteiger partial charge is 0.489 e. The van der Waals surface area contributed by atoms with Crippen LogP contribution in [0.4, 0.5) is 0 Å². The Bertz CT molecular complexity index is 546. The third-order valence-electron chi connectivity index (χ3n) is 2.95. The summed E-state index contributed by atoms with van der Waals surface area (Å²) in [5.41, 5.74) is 2.10. The lowest BCUT2D eigenvalue weighted by molar-refractivity contribution is 0.302. The molecule has 0 radical (unpaired) electrons. The molecular weight excluding hydrogens is 272 g/mol. The zero-order valence-electron chi connectivity index (χ0n) is 11.6. The van der Waals surface area contributed by atoms with E-state index in [1.54, 1.807) is 12.4 Å². The maximum atomic E-state index is 6.08. The SMILES string of the molecule is CCCNCc1ccccc1OCc1ccncc1Cl. The molecule has 0 amide bonds. The first-order valence-electron chi connectivity index (χ1n) is 6.81. The number of benzene rings is 1. The van der Waals surface area contributed by atoms with Crippen molar-refractivity contribution in [2.24, 2.45) is 0 Å². The summed E-state index contributed by atoms with van der Waals surface area (Å²) in [6, 6.07) is 9.94. The van der Waals surface area contributed by atoms with Gasteiger partial charge < -0.3 is 10.1 Å². The van der Waals surface area contributed by atoms with E-state index >= 15 is 0 Å². The smallest absolute Gasteiger partial charge is 0.124 e. The summed E-state index contributed by atoms with van der Waals surface area (Å²) >= 11 is 6.08. The zero-order valence-corrected chi connectivity index (χ0v) is 12.4. The molecule has 0 aliphatic rings. The summed E-state index contributed by atoms with van der Waals surface area (Å²) in [6.45, 7) is 4.42. The summed E-state index contributed by atoms with van der Waals surface area (Å²) in [7, 11) is 0. The van der Waals surface area contributed by atoms with Crippen LogP contribution in [0.3, 0.4) is 0 Å². The number of aromatic nitrogens is 1. The summed E-state index contributed by atoms with van der Waals surface area (Å²) in [4.78, 5) is 3.97. The number of nitrogens with zero attached hydrogens (tertiary/aromatic N) is 1. The highest BCUT2D eigenvalue weighted by molar-refractivity contribution is 6.31. The molecule has 1 heterocycles. The molecule has 3 nitrogen and oxygen atoms in total. The second kappa shape index (κ2) is 7.88. The van der Waals surface area contributed by atoms with Gasteiger partial charge in [0, 0.05) is 30.1 Å². The molecule has 2 aromatic rings. The van der Waals surface area contributed by atoms with E-state index < -0.39 is 0 Å². The van der Waals surface area contributed by atoms with Gasteiger partial charge in [-0.05, 0) is 25.1 Å². The molecule has 0 saturated heterocycles. The standard InChI is InChI=1S/C16H19ClN2O/c1-2-8-18-10-13-5-3-4-6-16(13)20-12-14-7-9-19-11-15(14)17/h3-7,9,11,18H,2,8,10,12H2,1H3. The van der Waals surface area contributed by atoms with Gasteiger partial charge in [0.25, 0.3) is 0 Å². The quantitative estimate of drug-likeness (QED) is 0.787. The lowest BCUT2D eigenvalue weighted by atomic mass is 10.2. The molecule has 0 unspecified atom stereocenters. The number of hydrogen-bond acceptors (Lipinski definition) is 3. The van der Waals surface area contributed by atoms with Crippen LogP contribution in [0.25, 0.3) is 0 Å². The molecule has 0 bridgehead atoms. The first-order chi connectivity index (χ1) is 9.81. The topological polar surface area (TPSA) is 34.1 Å². The lowest BCUT2D eigenvalue weighted by Crippen LogP contribution is -2.14. The van der Waals surface area contributed by atoms with Crippen molar-refractivity contribution in [3.05, 3.63) is 58.9 Å². The van der Waals surface area contributed by atoms with Crippen LogP contribution >= 0.6 is 11.6 Å². The predicted octanol–water partition coefficient (Wildman–Crippen LogP) is 3.81. The predicted molar refractivity (Wildman–Crippen MR) is 82.0 cm³/mol. The Kier molecular flexibility index (Phi) is 5.84. The van der Waals surface area contributed by atoms with Crippen molar-refractivity contribution in [2.45, 2.75) is 26.5 Å². The first-order valence-corrected chi connectivity index (χ1v) is 7.19. The fourth-order valence-corrected chi connectivity index (χ4v) is 2.04. The number of hydrogen-bond donors (Lipinski definition) is 1. The second-order valence-corrected chi connectivity index (χ2v) is 4.95. The van der Waals surface area contributed by atoms with Crippen LogP contribution in [0.2, 0.25) is 5.02 Å². The van der Waals surface area contributed by atoms with Crippen molar-refractivity contribution in [2.75, 3.05) is 6.54 Å². The number of halogens is 1. The van der Waals surface area contributed by atoms with Crippen LogP contribution < -0.4 is 10.1 Å². The highest BCUT2D eigenvalue weighted by Gasteiger charge is 2.05. The van der Waals surface area contributed by atoms with Crippen molar-refractivity contribution in [3.63, 3.8) is 0 Å². The minimum atomic E-state index is 0.451. The third-order valence-corrected chi connectivity index (χ3v) is 3.29. The molecule has 0 aliphatic carbocycles. The number of ether oxygens (including phenoxy) is 1. The summed E-state index contributed by atoms with van der Waals surface area (Å²) < 4.78 is 5.88. The third kappa shape index (κ3) is 4.22. The number of pyridine rings is 1. The Morgan fingerprint density at radius 2 is 2.05 bits per heavy atom. The van der Waals surface area contributed by atoms with Gasteiger partial charge in [-0.3, -0.25) is 4.98 Å². The van der Waals surface area contributed by atoms with Crippen LogP contribution in [-0.2, 0) is 13.2 Å². The van der Waals surface area contributed by atoms with E-state index in [-0.39, 0.29) is 0 Å². The summed E-state index contributed by atoms with van der Waals surface area (Å²) in [5, 5.41) is 4.02. The van der Waals surface area contributed by atoms with Gasteiger partial charge in [-0.25, -0.2) is 0 Å². The molecule has 20 heavy (non-hydrogen) atoms. The van der Waals surface area contributed by atoms with Gasteiger partial charge in [-0.1, -0.05) is 36.7 Å². The molecule has 0 spiro atoms. The molecule has 0 saturated carbocycles. The molecule has 0 aliphatic heterocycles. The van der Waals surface area contributed by atoms with Gasteiger partial charge >= 0.3 is 0 Å². The van der Waals surface area contributed by atoms with Gasteiger partial charge in [0.2, 0.25) is 0 Å². The number of rotatable bonds is 7. The summed E-state index contributed by atoms with van der Waals surface area (Å²) in [6.07, 6.45) is 4.48. The van der Waals surface area contributed by atoms with Gasteiger partial charge in [0.1, 0.15) is 12.4 Å². The molecule has 1 aromatic carbocycles. The molecule has 0 atom stereocenters. The Hall–Kier alpha value is -1.58. The fourth-order valence-electron chi connectivity index (χ4n) is 1.87. The Balaban J connectivity index is 2.00. The maximum Gasteiger partial charge on any atom is 0.124 e. The Labute approximate surface area is 124 Å². The van der Waals surface area contributed by atoms with Crippen LogP contribution in [-0.4, -0.2) is 11.5 Å². The molecule has 2 rings (SSSR count). The highest BCUT2D eigenvalue weighted by atomic mass is 35.5. The zero-order chi connectivity index (χ0) is 14.2. The summed E-state index contributed by atoms with van der Waals surface area (Å²) in [5.74, 6) is 0.893. The lowest BCUT2D eigenvalue weighted by Gasteiger charge is -2.12. The van der Waals surface area contributed by atoms with E-state index in [4.69, 9.17) is 16.3 Å². The Morgan fingerprint density at radius 1 is 1.20 bits per heavy atom. The van der Waals surface area contributed by atoms with E-state index in [9.17, 15) is 0 Å². The van der Waals surface area contributed by atoms with Gasteiger partial charge in [0.05, 0.1) is 5.02 Å². The average Bonchev–Trinajstić information content (AvgIpc) is 2.48. The molecular formula is C16H19ClN2O. The maximum absolute atomic E-state index is 6.08. The molecule has 106 valence electrons. The van der Waals surface area contributed by atoms with Crippen LogP contribution in [0.5, 0.6) is 5.75 Å². The average molecular weight is 291 g/mol. The van der Waals surface area contributed by atoms with Crippen LogP contribution in [0, 0.1) is 0 Å². The molecule has 1 N–H and O–H groups in total. The van der Waals surface area contributed by atoms with E-state index in [2.05, 4.69) is 23.3 Å². The molecule has 1 aromatic heterocycles.